The van der Waals surface area contributed by atoms with E-state index in [4.69, 9.17) is 31.9 Å². The maximum Gasteiger partial charge on any atom is 0.325 e. The Bertz CT molecular complexity index is 1130. The van der Waals surface area contributed by atoms with Crippen LogP contribution in [0.1, 0.15) is 24.0 Å². The summed E-state index contributed by atoms with van der Waals surface area (Å²) in [6.45, 7) is 0.140. The Morgan fingerprint density at radius 1 is 0.971 bits per heavy atom. The van der Waals surface area contributed by atoms with E-state index in [1.165, 1.54) is 0 Å². The Kier molecular flexibility index (Phi) is 9.63. The number of hydrogen-bond acceptors (Lipinski definition) is 5. The zero-order valence-corrected chi connectivity index (χ0v) is 21.1. The van der Waals surface area contributed by atoms with E-state index in [-0.39, 0.29) is 19.2 Å². The number of ether oxygens (including phenoxy) is 1. The van der Waals surface area contributed by atoms with Crippen LogP contribution in [0.4, 0.5) is 0 Å². The Balaban J connectivity index is 1.59. The molecular formula is C25H29ClNO5PS. The Morgan fingerprint density at radius 3 is 2.38 bits per heavy atom. The molecule has 0 fully saturated rings. The van der Waals surface area contributed by atoms with Crippen molar-refractivity contribution in [3.05, 3.63) is 88.9 Å². The van der Waals surface area contributed by atoms with Crippen molar-refractivity contribution < 1.29 is 24.2 Å². The predicted molar refractivity (Wildman–Crippen MR) is 137 cm³/mol. The fraction of sp³-hybridized carbons (Fsp3) is 0.280. The third kappa shape index (κ3) is 8.75. The average molecular weight is 522 g/mol. The SMILES string of the molecule is NC(CO)(CCc1ccc(Sc2cccc(OCc3ccccc3)c2)cc1Cl)CCP(=O)(O)O. The summed E-state index contributed by atoms with van der Waals surface area (Å²) >= 11 is 8.07. The summed E-state index contributed by atoms with van der Waals surface area (Å²) in [4.78, 5) is 20.2. The maximum absolute atomic E-state index is 11.2. The number of halogens is 1. The van der Waals surface area contributed by atoms with Crippen LogP contribution in [0.2, 0.25) is 5.02 Å². The van der Waals surface area contributed by atoms with Crippen molar-refractivity contribution in [3.8, 4) is 5.75 Å². The summed E-state index contributed by atoms with van der Waals surface area (Å²) in [6.07, 6.45) is 0.519. The molecule has 3 aromatic carbocycles. The van der Waals surface area contributed by atoms with Crippen LogP contribution in [-0.4, -0.2) is 33.2 Å². The highest BCUT2D eigenvalue weighted by molar-refractivity contribution is 7.99. The number of hydrogen-bond donors (Lipinski definition) is 4. The Hall–Kier alpha value is -1.83. The zero-order chi connectivity index (χ0) is 24.6. The van der Waals surface area contributed by atoms with Crippen molar-refractivity contribution >= 4 is 31.0 Å². The minimum atomic E-state index is -4.17. The van der Waals surface area contributed by atoms with Gasteiger partial charge in [0.15, 0.2) is 0 Å². The summed E-state index contributed by atoms with van der Waals surface area (Å²) in [5.41, 5.74) is 7.06. The third-order valence-corrected chi connectivity index (χ3v) is 7.56. The first-order valence-electron chi connectivity index (χ1n) is 10.8. The molecule has 9 heteroatoms. The average Bonchev–Trinajstić information content (AvgIpc) is 2.81. The van der Waals surface area contributed by atoms with E-state index in [9.17, 15) is 9.67 Å². The molecule has 0 saturated carbocycles. The molecule has 0 saturated heterocycles. The Morgan fingerprint density at radius 2 is 1.71 bits per heavy atom. The van der Waals surface area contributed by atoms with Gasteiger partial charge in [-0.05, 0) is 60.7 Å². The highest BCUT2D eigenvalue weighted by Gasteiger charge is 2.28. The normalized spacial score (nSPS) is 13.4. The van der Waals surface area contributed by atoms with Crippen LogP contribution in [0.15, 0.2) is 82.6 Å². The van der Waals surface area contributed by atoms with Crippen molar-refractivity contribution in [2.45, 2.75) is 41.2 Å². The molecule has 0 aliphatic heterocycles. The third-order valence-electron chi connectivity index (χ3n) is 5.42. The lowest BCUT2D eigenvalue weighted by atomic mass is 9.90. The largest absolute Gasteiger partial charge is 0.489 e. The van der Waals surface area contributed by atoms with E-state index in [0.717, 1.165) is 26.7 Å². The zero-order valence-electron chi connectivity index (χ0n) is 18.6. The van der Waals surface area contributed by atoms with Crippen molar-refractivity contribution in [1.29, 1.82) is 0 Å². The van der Waals surface area contributed by atoms with Crippen molar-refractivity contribution in [1.82, 2.24) is 0 Å². The lowest BCUT2D eigenvalue weighted by molar-refractivity contribution is 0.181. The van der Waals surface area contributed by atoms with Crippen molar-refractivity contribution in [3.63, 3.8) is 0 Å². The highest BCUT2D eigenvalue weighted by Crippen LogP contribution is 2.37. The fourth-order valence-electron chi connectivity index (χ4n) is 3.33. The summed E-state index contributed by atoms with van der Waals surface area (Å²) < 4.78 is 17.1. The fourth-order valence-corrected chi connectivity index (χ4v) is 5.32. The van der Waals surface area contributed by atoms with Crippen LogP contribution in [0, 0.1) is 0 Å². The molecule has 3 aromatic rings. The molecule has 0 aliphatic carbocycles. The number of aliphatic hydroxyl groups is 1. The molecule has 34 heavy (non-hydrogen) atoms. The van der Waals surface area contributed by atoms with Gasteiger partial charge in [-0.3, -0.25) is 4.57 Å². The number of benzene rings is 3. The maximum atomic E-state index is 11.2. The summed E-state index contributed by atoms with van der Waals surface area (Å²) in [6, 6.07) is 23.6. The second-order valence-electron chi connectivity index (χ2n) is 8.26. The van der Waals surface area contributed by atoms with Crippen LogP contribution < -0.4 is 10.5 Å². The molecule has 182 valence electrons. The van der Waals surface area contributed by atoms with E-state index in [0.29, 0.717) is 24.5 Å². The van der Waals surface area contributed by atoms with Gasteiger partial charge in [0.2, 0.25) is 0 Å². The second kappa shape index (κ2) is 12.2. The van der Waals surface area contributed by atoms with E-state index >= 15 is 0 Å². The molecule has 0 aromatic heterocycles. The van der Waals surface area contributed by atoms with Gasteiger partial charge < -0.3 is 25.4 Å². The quantitative estimate of drug-likeness (QED) is 0.240. The van der Waals surface area contributed by atoms with Gasteiger partial charge in [0.05, 0.1) is 12.8 Å². The molecule has 0 radical (unpaired) electrons. The first-order valence-corrected chi connectivity index (χ1v) is 13.8. The lowest BCUT2D eigenvalue weighted by Gasteiger charge is -2.27. The van der Waals surface area contributed by atoms with Crippen LogP contribution >= 0.6 is 31.0 Å². The summed E-state index contributed by atoms with van der Waals surface area (Å²) in [5, 5.41) is 10.2. The molecule has 1 atom stereocenters. The Labute approximate surface area is 209 Å². The number of rotatable bonds is 12. The lowest BCUT2D eigenvalue weighted by Crippen LogP contribution is -2.44. The van der Waals surface area contributed by atoms with Crippen LogP contribution in [0.25, 0.3) is 0 Å². The van der Waals surface area contributed by atoms with Crippen LogP contribution in [-0.2, 0) is 17.6 Å². The first kappa shape index (κ1) is 26.8. The molecule has 5 N–H and O–H groups in total. The summed E-state index contributed by atoms with van der Waals surface area (Å²) in [5.74, 6) is 0.787. The van der Waals surface area contributed by atoms with Gasteiger partial charge in [0.25, 0.3) is 0 Å². The van der Waals surface area contributed by atoms with Crippen LogP contribution in [0.5, 0.6) is 5.75 Å². The predicted octanol–water partition coefficient (Wildman–Crippen LogP) is 5.26. The minimum absolute atomic E-state index is 0.0298. The first-order chi connectivity index (χ1) is 16.2. The van der Waals surface area contributed by atoms with Crippen molar-refractivity contribution in [2.24, 2.45) is 5.73 Å². The molecular weight excluding hydrogens is 493 g/mol. The van der Waals surface area contributed by atoms with E-state index in [2.05, 4.69) is 0 Å². The van der Waals surface area contributed by atoms with Crippen LogP contribution in [0.3, 0.4) is 0 Å². The van der Waals surface area contributed by atoms with Gasteiger partial charge in [-0.25, -0.2) is 0 Å². The smallest absolute Gasteiger partial charge is 0.325 e. The molecule has 0 aliphatic rings. The molecule has 0 amide bonds. The second-order valence-corrected chi connectivity index (χ2v) is 11.6. The number of aryl methyl sites for hydroxylation is 1. The molecule has 3 rings (SSSR count). The van der Waals surface area contributed by atoms with E-state index in [1.54, 1.807) is 11.8 Å². The van der Waals surface area contributed by atoms with Gasteiger partial charge >= 0.3 is 7.60 Å². The van der Waals surface area contributed by atoms with Gasteiger partial charge in [-0.2, -0.15) is 0 Å². The molecule has 0 heterocycles. The number of aliphatic hydroxyl groups excluding tert-OH is 1. The number of nitrogens with two attached hydrogens (primary N) is 1. The minimum Gasteiger partial charge on any atom is -0.489 e. The topological polar surface area (TPSA) is 113 Å². The van der Waals surface area contributed by atoms with Gasteiger partial charge in [-0.1, -0.05) is 65.8 Å². The standard InChI is InChI=1S/C25H29ClNO5PS/c26-24-16-23(10-9-20(24)11-12-25(27,18-28)13-14-33(29,30)31)34-22-8-4-7-21(15-22)32-17-19-5-2-1-3-6-19/h1-10,15-16,28H,11-14,17-18,27H2,(H2,29,30,31). The van der Waals surface area contributed by atoms with Crippen molar-refractivity contribution in [2.75, 3.05) is 12.8 Å². The van der Waals surface area contributed by atoms with Gasteiger partial charge in [0, 0.05) is 20.4 Å². The summed E-state index contributed by atoms with van der Waals surface area (Å²) in [7, 11) is -4.17. The molecule has 0 bridgehead atoms. The molecule has 0 spiro atoms. The molecule has 1 unspecified atom stereocenters. The van der Waals surface area contributed by atoms with E-state index < -0.39 is 13.1 Å². The highest BCUT2D eigenvalue weighted by atomic mass is 35.5. The molecule has 6 nitrogen and oxygen atoms in total. The van der Waals surface area contributed by atoms with Gasteiger partial charge in [-0.15, -0.1) is 0 Å². The van der Waals surface area contributed by atoms with Gasteiger partial charge in [0.1, 0.15) is 12.4 Å². The monoisotopic (exact) mass is 521 g/mol. The van der Waals surface area contributed by atoms with E-state index in [1.807, 2.05) is 72.8 Å².